The molecule has 5 nitrogen and oxygen atoms in total. The van der Waals surface area contributed by atoms with Gasteiger partial charge in [0.1, 0.15) is 5.75 Å². The molecule has 0 fully saturated rings. The quantitative estimate of drug-likeness (QED) is 0.326. The zero-order chi connectivity index (χ0) is 21.6. The number of rotatable bonds is 7. The highest BCUT2D eigenvalue weighted by Gasteiger charge is 2.15. The van der Waals surface area contributed by atoms with Gasteiger partial charge in [0.25, 0.3) is 0 Å². The van der Waals surface area contributed by atoms with Crippen LogP contribution in [0.4, 0.5) is 0 Å². The first-order chi connectivity index (χ1) is 15.2. The summed E-state index contributed by atoms with van der Waals surface area (Å²) in [4.78, 5) is 19.9. The molecule has 0 unspecified atom stereocenters. The largest absolute Gasteiger partial charge is 0.497 e. The van der Waals surface area contributed by atoms with Crippen molar-refractivity contribution in [3.05, 3.63) is 89.8 Å². The van der Waals surface area contributed by atoms with E-state index in [-0.39, 0.29) is 5.97 Å². The first kappa shape index (κ1) is 20.4. The Labute approximate surface area is 181 Å². The van der Waals surface area contributed by atoms with Crippen molar-refractivity contribution in [3.8, 4) is 17.0 Å². The average molecular weight is 412 g/mol. The summed E-state index contributed by atoms with van der Waals surface area (Å²) in [6.07, 6.45) is 3.74. The topological polar surface area (TPSA) is 64.2 Å². The summed E-state index contributed by atoms with van der Waals surface area (Å²) in [5, 5.41) is 1.13. The van der Waals surface area contributed by atoms with Crippen LogP contribution in [0.15, 0.2) is 72.8 Å². The molecular weight excluding hydrogens is 388 g/mol. The molecule has 0 radical (unpaired) electrons. The number of pyridine rings is 1. The fourth-order valence-electron chi connectivity index (χ4n) is 3.61. The summed E-state index contributed by atoms with van der Waals surface area (Å²) < 4.78 is 10.3. The van der Waals surface area contributed by atoms with E-state index in [1.807, 2.05) is 48.5 Å². The highest BCUT2D eigenvalue weighted by atomic mass is 16.5. The number of methoxy groups -OCH3 is 1. The number of aromatic amines is 1. The lowest BCUT2D eigenvalue weighted by Crippen LogP contribution is -1.99. The van der Waals surface area contributed by atoms with Crippen LogP contribution in [0.1, 0.15) is 23.9 Å². The number of carbonyl (C=O) groups excluding carboxylic acids is 1. The predicted octanol–water partition coefficient (Wildman–Crippen LogP) is 5.41. The maximum atomic E-state index is 11.6. The molecule has 4 aromatic rings. The Morgan fingerprint density at radius 2 is 1.90 bits per heavy atom. The maximum absolute atomic E-state index is 11.6. The minimum absolute atomic E-state index is 0.351. The molecular formula is C26H24N2O3. The first-order valence-electron chi connectivity index (χ1n) is 10.2. The molecule has 0 bridgehead atoms. The molecule has 0 saturated heterocycles. The number of carbonyl (C=O) groups is 1. The standard InChI is InChI=1S/C26H24N2O3/c1-3-31-25(29)15-12-19-10-7-11-20(27-19)16-23-22-14-13-21(30-2)17-24(22)28-26(23)18-8-5-4-6-9-18/h4-15,17,28H,3,16H2,1-2H3/b15-12+. The number of hydrogen-bond acceptors (Lipinski definition) is 4. The summed E-state index contributed by atoms with van der Waals surface area (Å²) in [5.74, 6) is 0.441. The van der Waals surface area contributed by atoms with Crippen LogP contribution in [-0.4, -0.2) is 29.7 Å². The molecule has 4 rings (SSSR count). The minimum Gasteiger partial charge on any atom is -0.497 e. The van der Waals surface area contributed by atoms with Crippen LogP contribution in [-0.2, 0) is 16.0 Å². The number of hydrogen-bond donors (Lipinski definition) is 1. The van der Waals surface area contributed by atoms with Crippen molar-refractivity contribution < 1.29 is 14.3 Å². The van der Waals surface area contributed by atoms with E-state index in [1.54, 1.807) is 20.1 Å². The molecule has 2 aromatic carbocycles. The summed E-state index contributed by atoms with van der Waals surface area (Å²) in [6, 6.07) is 22.1. The van der Waals surface area contributed by atoms with Crippen LogP contribution < -0.4 is 4.74 Å². The molecule has 0 atom stereocenters. The van der Waals surface area contributed by atoms with Gasteiger partial charge in [0.15, 0.2) is 0 Å². The van der Waals surface area contributed by atoms with E-state index >= 15 is 0 Å². The van der Waals surface area contributed by atoms with Gasteiger partial charge in [-0.25, -0.2) is 4.79 Å². The smallest absolute Gasteiger partial charge is 0.330 e. The van der Waals surface area contributed by atoms with Gasteiger partial charge in [-0.05, 0) is 48.4 Å². The number of aromatic nitrogens is 2. The number of esters is 1. The number of fused-ring (bicyclic) bond motifs is 1. The fourth-order valence-corrected chi connectivity index (χ4v) is 3.61. The SMILES string of the molecule is CCOC(=O)/C=C/c1cccc(Cc2c(-c3ccccc3)[nH]c3cc(OC)ccc23)n1. The molecule has 2 aromatic heterocycles. The molecule has 0 aliphatic rings. The molecule has 156 valence electrons. The second-order valence-electron chi connectivity index (χ2n) is 7.07. The maximum Gasteiger partial charge on any atom is 0.330 e. The van der Waals surface area contributed by atoms with Crippen molar-refractivity contribution in [1.29, 1.82) is 0 Å². The van der Waals surface area contributed by atoms with Crippen molar-refractivity contribution in [1.82, 2.24) is 9.97 Å². The van der Waals surface area contributed by atoms with Crippen molar-refractivity contribution in [3.63, 3.8) is 0 Å². The first-order valence-corrected chi connectivity index (χ1v) is 10.2. The highest BCUT2D eigenvalue weighted by Crippen LogP contribution is 2.33. The molecule has 0 aliphatic carbocycles. The average Bonchev–Trinajstić information content (AvgIpc) is 3.16. The Morgan fingerprint density at radius 3 is 2.68 bits per heavy atom. The third kappa shape index (κ3) is 4.67. The van der Waals surface area contributed by atoms with E-state index < -0.39 is 0 Å². The molecule has 1 N–H and O–H groups in total. The Hall–Kier alpha value is -3.86. The lowest BCUT2D eigenvalue weighted by molar-refractivity contribution is -0.137. The van der Waals surface area contributed by atoms with Gasteiger partial charge in [0.2, 0.25) is 0 Å². The Balaban J connectivity index is 1.72. The van der Waals surface area contributed by atoms with E-state index in [2.05, 4.69) is 23.2 Å². The Kier molecular flexibility index (Phi) is 6.13. The molecule has 31 heavy (non-hydrogen) atoms. The fraction of sp³-hybridized carbons (Fsp3) is 0.154. The number of nitrogens with one attached hydrogen (secondary N) is 1. The molecule has 0 aliphatic heterocycles. The van der Waals surface area contributed by atoms with Crippen LogP contribution >= 0.6 is 0 Å². The number of benzene rings is 2. The summed E-state index contributed by atoms with van der Waals surface area (Å²) in [5.41, 5.74) is 6.01. The van der Waals surface area contributed by atoms with Crippen molar-refractivity contribution in [2.75, 3.05) is 13.7 Å². The Morgan fingerprint density at radius 1 is 1.06 bits per heavy atom. The van der Waals surface area contributed by atoms with Gasteiger partial charge in [-0.2, -0.15) is 0 Å². The summed E-state index contributed by atoms with van der Waals surface area (Å²) in [7, 11) is 1.67. The predicted molar refractivity (Wildman–Crippen MR) is 123 cm³/mol. The Bertz CT molecular complexity index is 1230. The zero-order valence-electron chi connectivity index (χ0n) is 17.6. The van der Waals surface area contributed by atoms with Crippen LogP contribution in [0, 0.1) is 0 Å². The van der Waals surface area contributed by atoms with Gasteiger partial charge < -0.3 is 14.5 Å². The van der Waals surface area contributed by atoms with E-state index in [9.17, 15) is 4.79 Å². The summed E-state index contributed by atoms with van der Waals surface area (Å²) >= 11 is 0. The highest BCUT2D eigenvalue weighted by molar-refractivity contribution is 5.92. The molecule has 0 spiro atoms. The molecule has 0 amide bonds. The monoisotopic (exact) mass is 412 g/mol. The zero-order valence-corrected chi connectivity index (χ0v) is 17.6. The second kappa shape index (κ2) is 9.30. The third-order valence-electron chi connectivity index (χ3n) is 5.04. The van der Waals surface area contributed by atoms with Crippen LogP contribution in [0.3, 0.4) is 0 Å². The van der Waals surface area contributed by atoms with Crippen molar-refractivity contribution in [2.24, 2.45) is 0 Å². The van der Waals surface area contributed by atoms with Gasteiger partial charge in [0, 0.05) is 35.2 Å². The third-order valence-corrected chi connectivity index (χ3v) is 5.04. The number of H-pyrrole nitrogens is 1. The van der Waals surface area contributed by atoms with Crippen molar-refractivity contribution in [2.45, 2.75) is 13.3 Å². The minimum atomic E-state index is -0.369. The molecule has 2 heterocycles. The van der Waals surface area contributed by atoms with Gasteiger partial charge in [-0.15, -0.1) is 0 Å². The van der Waals surface area contributed by atoms with Gasteiger partial charge in [-0.1, -0.05) is 36.4 Å². The van der Waals surface area contributed by atoms with Crippen LogP contribution in [0.25, 0.3) is 28.2 Å². The lowest BCUT2D eigenvalue weighted by Gasteiger charge is -2.06. The van der Waals surface area contributed by atoms with E-state index in [4.69, 9.17) is 14.5 Å². The number of ether oxygens (including phenoxy) is 2. The van der Waals surface area contributed by atoms with E-state index in [0.29, 0.717) is 18.7 Å². The van der Waals surface area contributed by atoms with Gasteiger partial charge in [-0.3, -0.25) is 4.98 Å². The molecule has 5 heteroatoms. The van der Waals surface area contributed by atoms with E-state index in [1.165, 1.54) is 11.6 Å². The summed E-state index contributed by atoms with van der Waals surface area (Å²) in [6.45, 7) is 2.13. The van der Waals surface area contributed by atoms with Crippen molar-refractivity contribution >= 4 is 22.9 Å². The van der Waals surface area contributed by atoms with Crippen LogP contribution in [0.5, 0.6) is 5.75 Å². The van der Waals surface area contributed by atoms with Crippen LogP contribution in [0.2, 0.25) is 0 Å². The van der Waals surface area contributed by atoms with Gasteiger partial charge >= 0.3 is 5.97 Å². The normalized spacial score (nSPS) is 11.2. The van der Waals surface area contributed by atoms with Gasteiger partial charge in [0.05, 0.1) is 25.1 Å². The lowest BCUT2D eigenvalue weighted by atomic mass is 10.0. The van der Waals surface area contributed by atoms with E-state index in [0.717, 1.165) is 33.6 Å². The molecule has 0 saturated carbocycles. The number of nitrogens with zero attached hydrogens (tertiary/aromatic N) is 1. The second-order valence-corrected chi connectivity index (χ2v) is 7.07.